The highest BCUT2D eigenvalue weighted by Gasteiger charge is 2.14. The first-order valence-electron chi connectivity index (χ1n) is 6.11. The standard InChI is InChI=1S/C12H12N6O2S/c1-8-13-11(20-15-8)7-21-12-14-16-17-18(12)9-5-3-4-6-10(9)19-2/h3-6H,7H2,1-2H3. The van der Waals surface area contributed by atoms with Gasteiger partial charge in [-0.15, -0.1) is 5.10 Å². The van der Waals surface area contributed by atoms with Crippen LogP contribution in [-0.4, -0.2) is 37.5 Å². The fourth-order valence-electron chi connectivity index (χ4n) is 1.75. The molecule has 3 aromatic rings. The number of rotatable bonds is 5. The van der Waals surface area contributed by atoms with Gasteiger partial charge in [-0.1, -0.05) is 29.1 Å². The van der Waals surface area contributed by atoms with Crippen LogP contribution in [0.1, 0.15) is 11.7 Å². The summed E-state index contributed by atoms with van der Waals surface area (Å²) in [7, 11) is 1.61. The summed E-state index contributed by atoms with van der Waals surface area (Å²) in [6, 6.07) is 7.53. The molecule has 0 fully saturated rings. The van der Waals surface area contributed by atoms with Crippen LogP contribution >= 0.6 is 11.8 Å². The molecular weight excluding hydrogens is 292 g/mol. The fraction of sp³-hybridized carbons (Fsp3) is 0.250. The third kappa shape index (κ3) is 2.87. The number of benzene rings is 1. The molecule has 0 amide bonds. The van der Waals surface area contributed by atoms with Crippen LogP contribution in [0.5, 0.6) is 5.75 Å². The predicted molar refractivity (Wildman–Crippen MR) is 74.3 cm³/mol. The number of thioether (sulfide) groups is 1. The first-order valence-corrected chi connectivity index (χ1v) is 7.10. The molecule has 0 N–H and O–H groups in total. The van der Waals surface area contributed by atoms with Crippen molar-refractivity contribution in [3.05, 3.63) is 36.0 Å². The summed E-state index contributed by atoms with van der Waals surface area (Å²) in [5.74, 6) is 2.33. The summed E-state index contributed by atoms with van der Waals surface area (Å²) in [6.45, 7) is 1.77. The van der Waals surface area contributed by atoms with E-state index in [-0.39, 0.29) is 0 Å². The lowest BCUT2D eigenvalue weighted by Crippen LogP contribution is -2.01. The molecule has 21 heavy (non-hydrogen) atoms. The monoisotopic (exact) mass is 304 g/mol. The van der Waals surface area contributed by atoms with Crippen molar-refractivity contribution >= 4 is 11.8 Å². The lowest BCUT2D eigenvalue weighted by atomic mass is 10.3. The SMILES string of the molecule is COc1ccccc1-n1nnnc1SCc1nc(C)no1. The van der Waals surface area contributed by atoms with Crippen LogP contribution in [0.2, 0.25) is 0 Å². The van der Waals surface area contributed by atoms with Gasteiger partial charge in [-0.05, 0) is 29.5 Å². The third-order valence-electron chi connectivity index (χ3n) is 2.65. The van der Waals surface area contributed by atoms with Crippen molar-refractivity contribution in [3.8, 4) is 11.4 Å². The molecule has 2 heterocycles. The molecule has 0 atom stereocenters. The molecule has 0 aliphatic heterocycles. The van der Waals surface area contributed by atoms with Crippen LogP contribution in [0.25, 0.3) is 5.69 Å². The first kappa shape index (κ1) is 13.6. The first-order chi connectivity index (χ1) is 10.3. The van der Waals surface area contributed by atoms with E-state index in [9.17, 15) is 0 Å². The van der Waals surface area contributed by atoms with Crippen molar-refractivity contribution in [2.45, 2.75) is 17.8 Å². The predicted octanol–water partition coefficient (Wildman–Crippen LogP) is 1.65. The summed E-state index contributed by atoms with van der Waals surface area (Å²) >= 11 is 1.41. The van der Waals surface area contributed by atoms with Gasteiger partial charge in [0.2, 0.25) is 11.0 Å². The maximum absolute atomic E-state index is 5.32. The highest BCUT2D eigenvalue weighted by Crippen LogP contribution is 2.26. The second-order valence-corrected chi connectivity index (χ2v) is 5.01. The van der Waals surface area contributed by atoms with E-state index in [0.717, 1.165) is 5.69 Å². The molecular formula is C12H12N6O2S. The Morgan fingerprint density at radius 2 is 2.19 bits per heavy atom. The molecule has 0 unspecified atom stereocenters. The molecule has 0 aliphatic carbocycles. The van der Waals surface area contributed by atoms with Gasteiger partial charge in [-0.2, -0.15) is 9.67 Å². The lowest BCUT2D eigenvalue weighted by molar-refractivity contribution is 0.387. The van der Waals surface area contributed by atoms with Crippen molar-refractivity contribution in [3.63, 3.8) is 0 Å². The number of ether oxygens (including phenoxy) is 1. The largest absolute Gasteiger partial charge is 0.494 e. The molecule has 0 saturated carbocycles. The zero-order valence-electron chi connectivity index (χ0n) is 11.4. The quantitative estimate of drug-likeness (QED) is 0.657. The summed E-state index contributed by atoms with van der Waals surface area (Å²) in [4.78, 5) is 4.15. The molecule has 0 radical (unpaired) electrons. The average Bonchev–Trinajstić information content (AvgIpc) is 3.13. The Kier molecular flexibility index (Phi) is 3.82. The maximum atomic E-state index is 5.32. The number of tetrazole rings is 1. The number of hydrogen-bond donors (Lipinski definition) is 0. The van der Waals surface area contributed by atoms with Crippen molar-refractivity contribution in [1.82, 2.24) is 30.3 Å². The van der Waals surface area contributed by atoms with E-state index in [0.29, 0.717) is 28.4 Å². The van der Waals surface area contributed by atoms with E-state index in [2.05, 4.69) is 25.7 Å². The lowest BCUT2D eigenvalue weighted by Gasteiger charge is -2.08. The number of aryl methyl sites for hydroxylation is 1. The van der Waals surface area contributed by atoms with E-state index >= 15 is 0 Å². The van der Waals surface area contributed by atoms with Crippen LogP contribution in [0.15, 0.2) is 33.9 Å². The van der Waals surface area contributed by atoms with E-state index in [1.165, 1.54) is 11.8 Å². The molecule has 2 aromatic heterocycles. The average molecular weight is 304 g/mol. The third-order valence-corrected chi connectivity index (χ3v) is 3.55. The smallest absolute Gasteiger partial charge is 0.237 e. The van der Waals surface area contributed by atoms with E-state index in [1.807, 2.05) is 24.3 Å². The van der Waals surface area contributed by atoms with Gasteiger partial charge in [-0.3, -0.25) is 0 Å². The van der Waals surface area contributed by atoms with Crippen molar-refractivity contribution in [2.75, 3.05) is 7.11 Å². The van der Waals surface area contributed by atoms with E-state index in [1.54, 1.807) is 18.7 Å². The van der Waals surface area contributed by atoms with Gasteiger partial charge >= 0.3 is 0 Å². The van der Waals surface area contributed by atoms with E-state index in [4.69, 9.17) is 9.26 Å². The number of aromatic nitrogens is 6. The van der Waals surface area contributed by atoms with Crippen LogP contribution in [0.3, 0.4) is 0 Å². The molecule has 0 aliphatic rings. The Balaban J connectivity index is 1.83. The van der Waals surface area contributed by atoms with Crippen molar-refractivity contribution < 1.29 is 9.26 Å². The van der Waals surface area contributed by atoms with Gasteiger partial charge in [0.25, 0.3) is 0 Å². The van der Waals surface area contributed by atoms with Crippen LogP contribution in [0.4, 0.5) is 0 Å². The Morgan fingerprint density at radius 3 is 2.95 bits per heavy atom. The Bertz CT molecular complexity index is 741. The Hall–Kier alpha value is -2.42. The van der Waals surface area contributed by atoms with E-state index < -0.39 is 0 Å². The van der Waals surface area contributed by atoms with Crippen LogP contribution in [0, 0.1) is 6.92 Å². The fourth-order valence-corrected chi connectivity index (χ4v) is 2.47. The highest BCUT2D eigenvalue weighted by molar-refractivity contribution is 7.98. The minimum atomic E-state index is 0.496. The molecule has 8 nitrogen and oxygen atoms in total. The van der Waals surface area contributed by atoms with Gasteiger partial charge in [0.15, 0.2) is 5.82 Å². The van der Waals surface area contributed by atoms with Crippen molar-refractivity contribution in [1.29, 1.82) is 0 Å². The minimum absolute atomic E-state index is 0.496. The number of nitrogens with zero attached hydrogens (tertiary/aromatic N) is 6. The summed E-state index contributed by atoms with van der Waals surface area (Å²) in [5, 5.41) is 16.1. The van der Waals surface area contributed by atoms with Gasteiger partial charge in [0.1, 0.15) is 11.4 Å². The van der Waals surface area contributed by atoms with Gasteiger partial charge in [-0.25, -0.2) is 0 Å². The van der Waals surface area contributed by atoms with Crippen LogP contribution < -0.4 is 4.74 Å². The molecule has 9 heteroatoms. The molecule has 0 saturated heterocycles. The molecule has 0 bridgehead atoms. The number of para-hydroxylation sites is 2. The second kappa shape index (κ2) is 5.92. The summed E-state index contributed by atoms with van der Waals surface area (Å²) in [6.07, 6.45) is 0. The normalized spacial score (nSPS) is 10.8. The van der Waals surface area contributed by atoms with Crippen molar-refractivity contribution in [2.24, 2.45) is 0 Å². The minimum Gasteiger partial charge on any atom is -0.494 e. The summed E-state index contributed by atoms with van der Waals surface area (Å²) < 4.78 is 12.0. The van der Waals surface area contributed by atoms with Gasteiger partial charge < -0.3 is 9.26 Å². The van der Waals surface area contributed by atoms with Crippen LogP contribution in [-0.2, 0) is 5.75 Å². The van der Waals surface area contributed by atoms with Gasteiger partial charge in [0, 0.05) is 0 Å². The summed E-state index contributed by atoms with van der Waals surface area (Å²) in [5.41, 5.74) is 0.772. The van der Waals surface area contributed by atoms with Gasteiger partial charge in [0.05, 0.1) is 12.9 Å². The zero-order chi connectivity index (χ0) is 14.7. The topological polar surface area (TPSA) is 91.8 Å². The zero-order valence-corrected chi connectivity index (χ0v) is 12.2. The maximum Gasteiger partial charge on any atom is 0.237 e. The molecule has 0 spiro atoms. The number of hydrogen-bond acceptors (Lipinski definition) is 8. The second-order valence-electron chi connectivity index (χ2n) is 4.07. The molecule has 3 rings (SSSR count). The molecule has 1 aromatic carbocycles. The Morgan fingerprint density at radius 1 is 1.33 bits per heavy atom. The number of methoxy groups -OCH3 is 1. The molecule has 108 valence electrons. The highest BCUT2D eigenvalue weighted by atomic mass is 32.2. The Labute approximate surface area is 124 Å².